The summed E-state index contributed by atoms with van der Waals surface area (Å²) >= 11 is 0. The van der Waals surface area contributed by atoms with E-state index in [4.69, 9.17) is 4.42 Å². The van der Waals surface area contributed by atoms with Crippen molar-refractivity contribution in [3.8, 4) is 0 Å². The molecule has 0 spiro atoms. The maximum Gasteiger partial charge on any atom is 0.244 e. The highest BCUT2D eigenvalue weighted by Crippen LogP contribution is 2.15. The Kier molecular flexibility index (Phi) is 6.46. The van der Waals surface area contributed by atoms with Gasteiger partial charge in [0.05, 0.1) is 5.75 Å². The summed E-state index contributed by atoms with van der Waals surface area (Å²) in [5.74, 6) is 0.00684. The predicted octanol–water partition coefficient (Wildman–Crippen LogP) is 2.99. The van der Waals surface area contributed by atoms with E-state index in [-0.39, 0.29) is 17.7 Å². The minimum Gasteiger partial charge on any atom is -0.437 e. The van der Waals surface area contributed by atoms with Crippen molar-refractivity contribution in [2.45, 2.75) is 32.2 Å². The number of carbonyl (C=O) groups excluding carboxylic acids is 1. The van der Waals surface area contributed by atoms with Crippen molar-refractivity contribution in [2.24, 2.45) is 0 Å². The van der Waals surface area contributed by atoms with Crippen LogP contribution in [0.25, 0.3) is 17.2 Å². The van der Waals surface area contributed by atoms with Crippen LogP contribution in [0.3, 0.4) is 0 Å². The fourth-order valence-corrected chi connectivity index (χ4v) is 4.16. The third-order valence-electron chi connectivity index (χ3n) is 3.95. The molecule has 3 aromatic rings. The van der Waals surface area contributed by atoms with Gasteiger partial charge in [-0.2, -0.15) is 0 Å². The number of nitrogens with one attached hydrogen (secondary N) is 2. The van der Waals surface area contributed by atoms with Gasteiger partial charge in [-0.3, -0.25) is 4.79 Å². The Morgan fingerprint density at radius 2 is 1.79 bits per heavy atom. The minimum atomic E-state index is -3.36. The summed E-state index contributed by atoms with van der Waals surface area (Å²) in [6.07, 6.45) is 2.88. The molecule has 0 unspecified atom stereocenters. The van der Waals surface area contributed by atoms with Crippen molar-refractivity contribution >= 4 is 33.1 Å². The lowest BCUT2D eigenvalue weighted by Crippen LogP contribution is -2.31. The van der Waals surface area contributed by atoms with E-state index in [1.54, 1.807) is 38.1 Å². The van der Waals surface area contributed by atoms with Crippen molar-refractivity contribution in [1.82, 2.24) is 15.0 Å². The highest BCUT2D eigenvalue weighted by molar-refractivity contribution is 7.88. The van der Waals surface area contributed by atoms with E-state index >= 15 is 0 Å². The third-order valence-corrected chi connectivity index (χ3v) is 5.49. The highest BCUT2D eigenvalue weighted by Gasteiger charge is 2.12. The Balaban J connectivity index is 1.52. The Morgan fingerprint density at radius 3 is 2.48 bits per heavy atom. The minimum absolute atomic E-state index is 0.0783. The first-order valence-electron chi connectivity index (χ1n) is 9.20. The lowest BCUT2D eigenvalue weighted by Gasteiger charge is -2.10. The summed E-state index contributed by atoms with van der Waals surface area (Å²) in [4.78, 5) is 16.3. The Hall–Kier alpha value is -2.97. The van der Waals surface area contributed by atoms with Crippen molar-refractivity contribution in [1.29, 1.82) is 0 Å². The molecule has 0 bridgehead atoms. The monoisotopic (exact) mass is 413 g/mol. The topological polar surface area (TPSA) is 101 Å². The quantitative estimate of drug-likeness (QED) is 0.553. The van der Waals surface area contributed by atoms with Crippen LogP contribution >= 0.6 is 0 Å². The number of amides is 1. The van der Waals surface area contributed by atoms with E-state index in [1.807, 2.05) is 24.3 Å². The molecule has 0 saturated carbocycles. The van der Waals surface area contributed by atoms with Gasteiger partial charge >= 0.3 is 0 Å². The second-order valence-corrected chi connectivity index (χ2v) is 8.67. The van der Waals surface area contributed by atoms with Gasteiger partial charge in [-0.15, -0.1) is 0 Å². The van der Waals surface area contributed by atoms with E-state index in [0.717, 1.165) is 11.1 Å². The standard InChI is InChI=1S/C21H23N3O4S/c1-15(2)24-29(26,27)14-17-9-7-16(8-10-17)13-22-20(25)11-12-21-23-18-5-3-4-6-19(18)28-21/h3-12,15,24H,13-14H2,1-2H3,(H,22,25). The molecule has 1 heterocycles. The predicted molar refractivity (Wildman–Crippen MR) is 112 cm³/mol. The average molecular weight is 413 g/mol. The van der Waals surface area contributed by atoms with Crippen LogP contribution in [0, 0.1) is 0 Å². The van der Waals surface area contributed by atoms with E-state index in [2.05, 4.69) is 15.0 Å². The molecule has 2 aromatic carbocycles. The fourth-order valence-electron chi connectivity index (χ4n) is 2.73. The number of oxazole rings is 1. The molecule has 0 aliphatic heterocycles. The molecule has 0 atom stereocenters. The zero-order chi connectivity index (χ0) is 20.9. The first-order valence-corrected chi connectivity index (χ1v) is 10.9. The Labute approximate surface area is 169 Å². The SMILES string of the molecule is CC(C)NS(=O)(=O)Cc1ccc(CNC(=O)C=Cc2nc3ccccc3o2)cc1. The van der Waals surface area contributed by atoms with Crippen LogP contribution in [-0.2, 0) is 27.1 Å². The van der Waals surface area contributed by atoms with Crippen molar-refractivity contribution in [3.05, 3.63) is 71.6 Å². The third kappa shape index (κ3) is 6.27. The number of hydrogen-bond donors (Lipinski definition) is 2. The second-order valence-electron chi connectivity index (χ2n) is 6.92. The van der Waals surface area contributed by atoms with E-state index in [9.17, 15) is 13.2 Å². The van der Waals surface area contributed by atoms with Gasteiger partial charge in [0.25, 0.3) is 0 Å². The summed E-state index contributed by atoms with van der Waals surface area (Å²) in [7, 11) is -3.36. The summed E-state index contributed by atoms with van der Waals surface area (Å²) < 4.78 is 32.0. The Bertz CT molecular complexity index is 1080. The Morgan fingerprint density at radius 1 is 1.10 bits per heavy atom. The molecular weight excluding hydrogens is 390 g/mol. The van der Waals surface area contributed by atoms with E-state index in [0.29, 0.717) is 23.6 Å². The molecule has 152 valence electrons. The van der Waals surface area contributed by atoms with Crippen LogP contribution in [-0.4, -0.2) is 25.4 Å². The first kappa shape index (κ1) is 20.8. The molecule has 0 aliphatic carbocycles. The number of aromatic nitrogens is 1. The molecule has 3 rings (SSSR count). The van der Waals surface area contributed by atoms with Gasteiger partial charge in [0.2, 0.25) is 21.8 Å². The van der Waals surface area contributed by atoms with Crippen LogP contribution in [0.15, 0.2) is 59.0 Å². The van der Waals surface area contributed by atoms with Gasteiger partial charge in [-0.1, -0.05) is 36.4 Å². The number of nitrogens with zero attached hydrogens (tertiary/aromatic N) is 1. The van der Waals surface area contributed by atoms with E-state index in [1.165, 1.54) is 12.2 Å². The van der Waals surface area contributed by atoms with Crippen LogP contribution < -0.4 is 10.0 Å². The van der Waals surface area contributed by atoms with Gasteiger partial charge < -0.3 is 9.73 Å². The highest BCUT2D eigenvalue weighted by atomic mass is 32.2. The lowest BCUT2D eigenvalue weighted by molar-refractivity contribution is -0.116. The van der Waals surface area contributed by atoms with Crippen molar-refractivity contribution < 1.29 is 17.6 Å². The van der Waals surface area contributed by atoms with Crippen LogP contribution in [0.2, 0.25) is 0 Å². The summed E-state index contributed by atoms with van der Waals surface area (Å²) in [5, 5.41) is 2.77. The molecule has 29 heavy (non-hydrogen) atoms. The zero-order valence-corrected chi connectivity index (χ0v) is 17.1. The van der Waals surface area contributed by atoms with Gasteiger partial charge in [-0.25, -0.2) is 18.1 Å². The van der Waals surface area contributed by atoms with Gasteiger partial charge in [-0.05, 0) is 37.1 Å². The smallest absolute Gasteiger partial charge is 0.244 e. The molecule has 0 fully saturated rings. The zero-order valence-electron chi connectivity index (χ0n) is 16.3. The molecule has 7 nitrogen and oxygen atoms in total. The normalized spacial score (nSPS) is 12.1. The maximum absolute atomic E-state index is 12.0. The van der Waals surface area contributed by atoms with Gasteiger partial charge in [0, 0.05) is 24.7 Å². The number of benzene rings is 2. The van der Waals surface area contributed by atoms with Crippen LogP contribution in [0.5, 0.6) is 0 Å². The first-order chi connectivity index (χ1) is 13.8. The number of sulfonamides is 1. The molecule has 2 N–H and O–H groups in total. The second kappa shape index (κ2) is 9.02. The summed E-state index contributed by atoms with van der Waals surface area (Å²) in [6, 6.07) is 14.3. The molecule has 1 aromatic heterocycles. The molecular formula is C21H23N3O4S. The average Bonchev–Trinajstić information content (AvgIpc) is 3.07. The molecule has 0 saturated heterocycles. The van der Waals surface area contributed by atoms with Crippen molar-refractivity contribution in [3.63, 3.8) is 0 Å². The number of para-hydroxylation sites is 2. The molecule has 1 amide bonds. The van der Waals surface area contributed by atoms with E-state index < -0.39 is 10.0 Å². The van der Waals surface area contributed by atoms with Crippen molar-refractivity contribution in [2.75, 3.05) is 0 Å². The molecule has 0 aliphatic rings. The van der Waals surface area contributed by atoms with Gasteiger partial charge in [0.1, 0.15) is 5.52 Å². The fraction of sp³-hybridized carbons (Fsp3) is 0.238. The largest absolute Gasteiger partial charge is 0.437 e. The number of rotatable bonds is 8. The van der Waals surface area contributed by atoms with Gasteiger partial charge in [0.15, 0.2) is 5.58 Å². The number of hydrogen-bond acceptors (Lipinski definition) is 5. The lowest BCUT2D eigenvalue weighted by atomic mass is 10.1. The van der Waals surface area contributed by atoms with Crippen LogP contribution in [0.4, 0.5) is 0 Å². The summed E-state index contributed by atoms with van der Waals surface area (Å²) in [5.41, 5.74) is 2.95. The summed E-state index contributed by atoms with van der Waals surface area (Å²) in [6.45, 7) is 3.89. The van der Waals surface area contributed by atoms with Crippen LogP contribution in [0.1, 0.15) is 30.9 Å². The number of fused-ring (bicyclic) bond motifs is 1. The number of carbonyl (C=O) groups is 1. The molecule has 8 heteroatoms. The molecule has 0 radical (unpaired) electrons. The maximum atomic E-state index is 12.0.